The van der Waals surface area contributed by atoms with Crippen LogP contribution in [-0.4, -0.2) is 56.9 Å². The monoisotopic (exact) mass is 524 g/mol. The van der Waals surface area contributed by atoms with E-state index in [9.17, 15) is 0 Å². The van der Waals surface area contributed by atoms with Crippen molar-refractivity contribution in [2.24, 2.45) is 21.8 Å². The molecule has 4 fully saturated rings. The highest BCUT2D eigenvalue weighted by Crippen LogP contribution is 2.67. The number of aryl methyl sites for hydroxylation is 1. The van der Waals surface area contributed by atoms with Crippen molar-refractivity contribution in [2.45, 2.75) is 96.4 Å². The van der Waals surface area contributed by atoms with E-state index in [1.165, 1.54) is 54.2 Å². The van der Waals surface area contributed by atoms with Crippen LogP contribution in [0.5, 0.6) is 0 Å². The number of amidine groups is 1. The summed E-state index contributed by atoms with van der Waals surface area (Å²) in [6.45, 7) is 26.8. The third-order valence-electron chi connectivity index (χ3n) is 8.73. The number of allylic oxidation sites excluding steroid dienone is 1. The van der Waals surface area contributed by atoms with Crippen molar-refractivity contribution in [3.8, 4) is 0 Å². The predicted molar refractivity (Wildman–Crippen MR) is 161 cm³/mol. The van der Waals surface area contributed by atoms with E-state index in [1.807, 2.05) is 25.6 Å². The maximum atomic E-state index is 5.56. The Bertz CT molecular complexity index is 1060. The summed E-state index contributed by atoms with van der Waals surface area (Å²) >= 11 is 1.93. The van der Waals surface area contributed by atoms with Crippen LogP contribution in [0.4, 0.5) is 5.69 Å². The van der Waals surface area contributed by atoms with E-state index in [0.29, 0.717) is 6.04 Å². The van der Waals surface area contributed by atoms with Gasteiger partial charge in [0.1, 0.15) is 0 Å². The van der Waals surface area contributed by atoms with Gasteiger partial charge >= 0.3 is 0 Å². The lowest BCUT2D eigenvalue weighted by atomic mass is 9.77. The predicted octanol–water partition coefficient (Wildman–Crippen LogP) is 7.67. The minimum absolute atomic E-state index is 0.0721. The third kappa shape index (κ3) is 5.01. The minimum Gasteiger partial charge on any atom is -0.378 e. The van der Waals surface area contributed by atoms with Gasteiger partial charge in [-0.05, 0) is 82.8 Å². The molecule has 1 aromatic heterocycles. The number of hydrogen-bond acceptors (Lipinski definition) is 5. The molecule has 0 N–H and O–H groups in total. The Morgan fingerprint density at radius 3 is 2.30 bits per heavy atom. The van der Waals surface area contributed by atoms with Crippen LogP contribution in [0.15, 0.2) is 41.5 Å². The molecular weight excluding hydrogens is 476 g/mol. The summed E-state index contributed by atoms with van der Waals surface area (Å²) in [6, 6.07) is 0.677. The second-order valence-electron chi connectivity index (χ2n) is 11.3. The Morgan fingerprint density at radius 2 is 1.76 bits per heavy atom. The van der Waals surface area contributed by atoms with Crippen molar-refractivity contribution < 1.29 is 4.74 Å². The minimum atomic E-state index is -0.0735. The van der Waals surface area contributed by atoms with Gasteiger partial charge in [-0.1, -0.05) is 38.6 Å². The number of nitrogens with zero attached hydrogens (tertiary/aromatic N) is 4. The fraction of sp³-hybridized carbons (Fsp3) is 0.677. The SMILES string of the molecule is C=C.C=C(C)C(=Nc1c(C)cn(C(C2CCC2)C2CC2)c1C)C12CC1(C)N=C(N1CCOCC1)S2.CC. The second-order valence-corrected chi connectivity index (χ2v) is 12.6. The van der Waals surface area contributed by atoms with Gasteiger partial charge in [0, 0.05) is 31.0 Å². The largest absolute Gasteiger partial charge is 0.378 e. The average molecular weight is 525 g/mol. The van der Waals surface area contributed by atoms with Gasteiger partial charge in [-0.15, -0.1) is 13.2 Å². The van der Waals surface area contributed by atoms with Crippen LogP contribution in [-0.2, 0) is 4.74 Å². The number of fused-ring (bicyclic) bond motifs is 1. The molecule has 1 aromatic rings. The molecule has 0 aromatic carbocycles. The molecule has 3 aliphatic carbocycles. The van der Waals surface area contributed by atoms with Gasteiger partial charge in [0.2, 0.25) is 0 Å². The Kier molecular flexibility index (Phi) is 8.49. The first kappa shape index (κ1) is 28.2. The molecule has 6 rings (SSSR count). The van der Waals surface area contributed by atoms with Crippen LogP contribution in [0.25, 0.3) is 0 Å². The molecule has 204 valence electrons. The molecule has 0 amide bonds. The molecule has 3 unspecified atom stereocenters. The maximum absolute atomic E-state index is 5.56. The van der Waals surface area contributed by atoms with E-state index < -0.39 is 0 Å². The molecule has 37 heavy (non-hydrogen) atoms. The van der Waals surface area contributed by atoms with Crippen LogP contribution in [0.1, 0.15) is 83.5 Å². The zero-order chi connectivity index (χ0) is 27.0. The van der Waals surface area contributed by atoms with E-state index in [2.05, 4.69) is 63.1 Å². The van der Waals surface area contributed by atoms with Gasteiger partial charge in [0.15, 0.2) is 5.17 Å². The topological polar surface area (TPSA) is 42.1 Å². The summed E-state index contributed by atoms with van der Waals surface area (Å²) < 4.78 is 8.10. The van der Waals surface area contributed by atoms with Gasteiger partial charge in [0.25, 0.3) is 0 Å². The zero-order valence-electron chi connectivity index (χ0n) is 24.1. The molecule has 5 aliphatic rings. The highest BCUT2D eigenvalue weighted by molar-refractivity contribution is 8.16. The van der Waals surface area contributed by atoms with Gasteiger partial charge in [-0.3, -0.25) is 4.99 Å². The van der Waals surface area contributed by atoms with Crippen LogP contribution >= 0.6 is 11.8 Å². The first-order valence-electron chi connectivity index (χ1n) is 14.4. The number of aromatic nitrogens is 1. The van der Waals surface area contributed by atoms with E-state index >= 15 is 0 Å². The van der Waals surface area contributed by atoms with Crippen molar-refractivity contribution in [1.82, 2.24) is 9.47 Å². The van der Waals surface area contributed by atoms with Crippen molar-refractivity contribution in [2.75, 3.05) is 26.3 Å². The molecule has 3 heterocycles. The molecule has 2 aliphatic heterocycles. The van der Waals surface area contributed by atoms with Crippen LogP contribution in [0.3, 0.4) is 0 Å². The Balaban J connectivity index is 0.000000765. The summed E-state index contributed by atoms with van der Waals surface area (Å²) in [4.78, 5) is 13.0. The lowest BCUT2D eigenvalue weighted by Gasteiger charge is -2.36. The second kappa shape index (κ2) is 11.1. The van der Waals surface area contributed by atoms with Crippen molar-refractivity contribution in [1.29, 1.82) is 0 Å². The first-order chi connectivity index (χ1) is 17.8. The number of thioether (sulfide) groups is 1. The van der Waals surface area contributed by atoms with Gasteiger partial charge in [-0.25, -0.2) is 4.99 Å². The van der Waals surface area contributed by atoms with Gasteiger partial charge in [0.05, 0.1) is 34.9 Å². The van der Waals surface area contributed by atoms with Crippen LogP contribution < -0.4 is 0 Å². The van der Waals surface area contributed by atoms with Gasteiger partial charge < -0.3 is 14.2 Å². The number of hydrogen-bond donors (Lipinski definition) is 0. The van der Waals surface area contributed by atoms with Gasteiger partial charge in [-0.2, -0.15) is 0 Å². The Labute approximate surface area is 229 Å². The standard InChI is InChI=1S/C27H38N4OS.C2H6.C2H4/c1-17(2)24(27-16-26(27,5)29-25(33-27)30-11-13-32-14-12-30)28-22-18(3)15-31(19(22)4)23(21-9-10-21)20-7-6-8-20;2*1-2/h15,20-21,23H,1,6-14,16H2,2-5H3;1-2H3;1-2H2. The van der Waals surface area contributed by atoms with Crippen molar-refractivity contribution >= 4 is 28.3 Å². The number of aliphatic imine (C=N–C) groups is 2. The molecule has 0 radical (unpaired) electrons. The molecule has 3 saturated carbocycles. The Hall–Kier alpha value is -1.79. The summed E-state index contributed by atoms with van der Waals surface area (Å²) in [6.07, 6.45) is 10.4. The molecule has 1 saturated heterocycles. The first-order valence-corrected chi connectivity index (χ1v) is 15.2. The molecule has 3 atom stereocenters. The lowest BCUT2D eigenvalue weighted by molar-refractivity contribution is 0.0692. The lowest BCUT2D eigenvalue weighted by Crippen LogP contribution is -2.39. The molecule has 0 bridgehead atoms. The zero-order valence-corrected chi connectivity index (χ0v) is 24.9. The quantitative estimate of drug-likeness (QED) is 0.283. The summed E-state index contributed by atoms with van der Waals surface area (Å²) in [5.74, 6) is 1.74. The van der Waals surface area contributed by atoms with E-state index in [4.69, 9.17) is 14.7 Å². The average Bonchev–Trinajstić information content (AvgIpc) is 3.76. The third-order valence-corrected chi connectivity index (χ3v) is 10.4. The fourth-order valence-corrected chi connectivity index (χ4v) is 8.14. The summed E-state index contributed by atoms with van der Waals surface area (Å²) in [5.41, 5.74) is 5.96. The van der Waals surface area contributed by atoms with Crippen LogP contribution in [0, 0.1) is 25.7 Å². The maximum Gasteiger partial charge on any atom is 0.160 e. The smallest absolute Gasteiger partial charge is 0.160 e. The van der Waals surface area contributed by atoms with E-state index in [0.717, 1.165) is 55.8 Å². The number of rotatable bonds is 6. The van der Waals surface area contributed by atoms with Crippen molar-refractivity contribution in [3.63, 3.8) is 0 Å². The molecular formula is C31H48N4OS. The summed E-state index contributed by atoms with van der Waals surface area (Å²) in [7, 11) is 0. The van der Waals surface area contributed by atoms with E-state index in [-0.39, 0.29) is 10.3 Å². The fourth-order valence-electron chi connectivity index (χ4n) is 6.34. The molecule has 0 spiro atoms. The van der Waals surface area contributed by atoms with Crippen molar-refractivity contribution in [3.05, 3.63) is 42.8 Å². The van der Waals surface area contributed by atoms with Crippen LogP contribution in [0.2, 0.25) is 0 Å². The molecule has 6 heteroatoms. The highest BCUT2D eigenvalue weighted by atomic mass is 32.2. The number of morpholine rings is 1. The van der Waals surface area contributed by atoms with E-state index in [1.54, 1.807) is 0 Å². The molecule has 5 nitrogen and oxygen atoms in total. The Morgan fingerprint density at radius 1 is 1.14 bits per heavy atom. The highest BCUT2D eigenvalue weighted by Gasteiger charge is 2.73. The summed E-state index contributed by atoms with van der Waals surface area (Å²) in [5, 5.41) is 1.17. The normalized spacial score (nSPS) is 29.6. The number of ether oxygens (including phenoxy) is 1.